The van der Waals surface area contributed by atoms with Crippen LogP contribution in [-0.2, 0) is 13.0 Å². The van der Waals surface area contributed by atoms with Crippen molar-refractivity contribution >= 4 is 28.2 Å². The number of fused-ring (bicyclic) bond motifs is 1. The number of benzene rings is 2. The van der Waals surface area contributed by atoms with Gasteiger partial charge in [-0.1, -0.05) is 53.8 Å². The number of hydrogen-bond donors (Lipinski definition) is 0. The Balaban J connectivity index is 1.27. The van der Waals surface area contributed by atoms with Crippen molar-refractivity contribution in [3.05, 3.63) is 105 Å². The van der Waals surface area contributed by atoms with E-state index in [1.165, 1.54) is 22.0 Å². The van der Waals surface area contributed by atoms with Gasteiger partial charge in [0.05, 0.1) is 10.6 Å². The van der Waals surface area contributed by atoms with E-state index in [0.29, 0.717) is 46.0 Å². The number of pyridine rings is 1. The maximum atomic E-state index is 12.9. The molecule has 34 heavy (non-hydrogen) atoms. The second-order valence-electron chi connectivity index (χ2n) is 7.75. The molecule has 5 rings (SSSR count). The highest BCUT2D eigenvalue weighted by Crippen LogP contribution is 2.24. The van der Waals surface area contributed by atoms with Crippen LogP contribution in [0.2, 0.25) is 0 Å². The van der Waals surface area contributed by atoms with Crippen molar-refractivity contribution in [3.63, 3.8) is 0 Å². The average Bonchev–Trinajstić information content (AvgIpc) is 3.45. The van der Waals surface area contributed by atoms with Gasteiger partial charge in [-0.05, 0) is 30.7 Å². The van der Waals surface area contributed by atoms with Crippen molar-refractivity contribution in [2.75, 3.05) is 0 Å². The van der Waals surface area contributed by atoms with E-state index in [9.17, 15) is 9.59 Å². The number of Topliss-reactive ketones (excluding diaryl/α,β-unsaturated/α-hetero) is 1. The minimum absolute atomic E-state index is 0.0561. The molecular formula is C26H21N3O4S. The summed E-state index contributed by atoms with van der Waals surface area (Å²) in [6.07, 6.45) is 2.26. The predicted molar refractivity (Wildman–Crippen MR) is 130 cm³/mol. The Morgan fingerprint density at radius 2 is 1.85 bits per heavy atom. The van der Waals surface area contributed by atoms with E-state index in [1.807, 2.05) is 54.6 Å². The number of para-hydroxylation sites is 2. The molecule has 2 aromatic carbocycles. The van der Waals surface area contributed by atoms with E-state index in [2.05, 4.69) is 9.97 Å². The first kappa shape index (κ1) is 21.8. The lowest BCUT2D eigenvalue weighted by Crippen LogP contribution is -2.16. The Hall–Kier alpha value is -4.04. The number of ether oxygens (including phenoxy) is 1. The summed E-state index contributed by atoms with van der Waals surface area (Å²) in [5.41, 5.74) is 2.82. The fourth-order valence-corrected chi connectivity index (χ4v) is 4.58. The first-order valence-electron chi connectivity index (χ1n) is 10.8. The van der Waals surface area contributed by atoms with Crippen LogP contribution in [0.1, 0.15) is 33.2 Å². The van der Waals surface area contributed by atoms with Crippen LogP contribution in [0.25, 0.3) is 16.2 Å². The quantitative estimate of drug-likeness (QED) is 0.291. The lowest BCUT2D eigenvalue weighted by molar-refractivity contribution is 0.0983. The van der Waals surface area contributed by atoms with Crippen molar-refractivity contribution in [3.8, 4) is 10.9 Å². The van der Waals surface area contributed by atoms with Crippen molar-refractivity contribution in [1.82, 2.24) is 14.5 Å². The third-order valence-corrected chi connectivity index (χ3v) is 6.49. The third kappa shape index (κ3) is 4.67. The van der Waals surface area contributed by atoms with Crippen LogP contribution in [0.3, 0.4) is 0 Å². The number of rotatable bonds is 8. The molecule has 7 nitrogen and oxygen atoms in total. The van der Waals surface area contributed by atoms with E-state index < -0.39 is 0 Å². The highest BCUT2D eigenvalue weighted by molar-refractivity contribution is 7.16. The molecule has 0 radical (unpaired) electrons. The van der Waals surface area contributed by atoms with Gasteiger partial charge in [0.1, 0.15) is 17.9 Å². The lowest BCUT2D eigenvalue weighted by Gasteiger charge is -2.07. The molecule has 0 aliphatic rings. The summed E-state index contributed by atoms with van der Waals surface area (Å²) in [5, 5.41) is 0.447. The number of carbonyl (C=O) groups is 1. The minimum Gasteiger partial charge on any atom is -0.489 e. The molecule has 0 fully saturated rings. The normalized spacial score (nSPS) is 11.1. The highest BCUT2D eigenvalue weighted by Gasteiger charge is 2.18. The Labute approximate surface area is 199 Å². The van der Waals surface area contributed by atoms with Gasteiger partial charge in [-0.2, -0.15) is 0 Å². The molecule has 8 heteroatoms. The predicted octanol–water partition coefficient (Wildman–Crippen LogP) is 5.14. The molecule has 0 aliphatic heterocycles. The Bertz CT molecular complexity index is 1490. The number of ketones is 1. The molecule has 0 amide bonds. The van der Waals surface area contributed by atoms with Crippen molar-refractivity contribution in [2.24, 2.45) is 0 Å². The zero-order chi connectivity index (χ0) is 23.5. The van der Waals surface area contributed by atoms with E-state index in [0.717, 1.165) is 11.1 Å². The number of aryl methyl sites for hydroxylation is 2. The fourth-order valence-electron chi connectivity index (χ4n) is 3.55. The summed E-state index contributed by atoms with van der Waals surface area (Å²) in [6, 6.07) is 20.4. The maximum absolute atomic E-state index is 12.9. The molecule has 3 aromatic heterocycles. The molecule has 0 atom stereocenters. The third-order valence-electron chi connectivity index (χ3n) is 5.29. The molecule has 5 aromatic rings. The summed E-state index contributed by atoms with van der Waals surface area (Å²) >= 11 is 1.20. The lowest BCUT2D eigenvalue weighted by atomic mass is 10.2. The number of aromatic nitrogens is 3. The van der Waals surface area contributed by atoms with Crippen molar-refractivity contribution in [2.45, 2.75) is 26.4 Å². The number of thiazole rings is 1. The summed E-state index contributed by atoms with van der Waals surface area (Å²) in [4.78, 5) is 34.9. The molecule has 0 saturated carbocycles. The summed E-state index contributed by atoms with van der Waals surface area (Å²) < 4.78 is 12.8. The van der Waals surface area contributed by atoms with Gasteiger partial charge in [-0.3, -0.25) is 14.2 Å². The zero-order valence-corrected chi connectivity index (χ0v) is 19.2. The molecule has 170 valence electrons. The number of hydrogen-bond acceptors (Lipinski definition) is 7. The minimum atomic E-state index is -0.273. The Morgan fingerprint density at radius 3 is 2.65 bits per heavy atom. The van der Waals surface area contributed by atoms with E-state index in [4.69, 9.17) is 9.15 Å². The van der Waals surface area contributed by atoms with Crippen molar-refractivity contribution < 1.29 is 13.9 Å². The summed E-state index contributed by atoms with van der Waals surface area (Å²) in [7, 11) is 0. The largest absolute Gasteiger partial charge is 0.489 e. The molecule has 0 spiro atoms. The van der Waals surface area contributed by atoms with Crippen LogP contribution in [0.5, 0.6) is 5.75 Å². The van der Waals surface area contributed by atoms with Gasteiger partial charge in [0.15, 0.2) is 22.4 Å². The molecule has 3 heterocycles. The average molecular weight is 472 g/mol. The van der Waals surface area contributed by atoms with Gasteiger partial charge in [-0.25, -0.2) is 9.97 Å². The molecule has 0 aliphatic carbocycles. The fraction of sp³-hybridized carbons (Fsp3) is 0.154. The van der Waals surface area contributed by atoms with Gasteiger partial charge in [0.25, 0.3) is 5.56 Å². The summed E-state index contributed by atoms with van der Waals surface area (Å²) in [6.45, 7) is 2.15. The van der Waals surface area contributed by atoms with Crippen LogP contribution < -0.4 is 10.3 Å². The SMILES string of the molecule is Cc1nc(-n2ccc(OCc3ccccc3)cc2=O)sc1C(=O)CCc1nc2ccccc2o1. The van der Waals surface area contributed by atoms with E-state index in [-0.39, 0.29) is 17.8 Å². The standard InChI is InChI=1S/C26H21N3O4S/c1-17-25(21(30)11-12-23-28-20-9-5-6-10-22(20)33-23)34-26(27-17)29-14-13-19(15-24(29)31)32-16-18-7-3-2-4-8-18/h2-10,13-15H,11-12,16H2,1H3. The molecule has 0 saturated heterocycles. The van der Waals surface area contributed by atoms with Gasteiger partial charge in [0.2, 0.25) is 0 Å². The van der Waals surface area contributed by atoms with Gasteiger partial charge in [-0.15, -0.1) is 0 Å². The molecular weight excluding hydrogens is 450 g/mol. The topological polar surface area (TPSA) is 87.2 Å². The Morgan fingerprint density at radius 1 is 1.06 bits per heavy atom. The second kappa shape index (κ2) is 9.44. The van der Waals surface area contributed by atoms with Crippen LogP contribution in [0, 0.1) is 6.92 Å². The summed E-state index contributed by atoms with van der Waals surface area (Å²) in [5.74, 6) is 0.951. The van der Waals surface area contributed by atoms with E-state index >= 15 is 0 Å². The first-order valence-corrected chi connectivity index (χ1v) is 11.6. The van der Waals surface area contributed by atoms with E-state index in [1.54, 1.807) is 19.2 Å². The monoisotopic (exact) mass is 471 g/mol. The molecule has 0 unspecified atom stereocenters. The number of nitrogens with zero attached hydrogens (tertiary/aromatic N) is 3. The van der Waals surface area contributed by atoms with Crippen LogP contribution in [0.4, 0.5) is 0 Å². The molecule has 0 bridgehead atoms. The van der Waals surface area contributed by atoms with Gasteiger partial charge in [0, 0.05) is 25.1 Å². The smallest absolute Gasteiger partial charge is 0.260 e. The highest BCUT2D eigenvalue weighted by atomic mass is 32.1. The Kier molecular flexibility index (Phi) is 6.05. The van der Waals surface area contributed by atoms with Crippen LogP contribution in [-0.4, -0.2) is 20.3 Å². The van der Waals surface area contributed by atoms with Gasteiger partial charge < -0.3 is 9.15 Å². The zero-order valence-electron chi connectivity index (χ0n) is 18.4. The molecule has 0 N–H and O–H groups in total. The van der Waals surface area contributed by atoms with Crippen molar-refractivity contribution in [1.29, 1.82) is 0 Å². The number of carbonyl (C=O) groups excluding carboxylic acids is 1. The van der Waals surface area contributed by atoms with Crippen LogP contribution in [0.15, 0.2) is 82.1 Å². The maximum Gasteiger partial charge on any atom is 0.260 e. The first-order chi connectivity index (χ1) is 16.6. The second-order valence-corrected chi connectivity index (χ2v) is 8.73. The van der Waals surface area contributed by atoms with Gasteiger partial charge >= 0.3 is 0 Å². The van der Waals surface area contributed by atoms with Crippen LogP contribution >= 0.6 is 11.3 Å². The number of oxazole rings is 1.